The number of piperidine rings is 1. The predicted molar refractivity (Wildman–Crippen MR) is 148 cm³/mol. The number of carbonyl (C=O) groups is 2. The summed E-state index contributed by atoms with van der Waals surface area (Å²) in [7, 11) is 1.84. The van der Waals surface area contributed by atoms with Crippen molar-refractivity contribution >= 4 is 11.8 Å². The molecule has 0 saturated carbocycles. The molecule has 0 aliphatic carbocycles. The van der Waals surface area contributed by atoms with Crippen molar-refractivity contribution in [1.29, 1.82) is 5.26 Å². The number of rotatable bonds is 8. The number of nitriles is 1. The number of primary amides is 1. The van der Waals surface area contributed by atoms with Gasteiger partial charge in [-0.2, -0.15) is 10.4 Å². The molecule has 0 bridgehead atoms. The van der Waals surface area contributed by atoms with Crippen molar-refractivity contribution in [3.05, 3.63) is 78.4 Å². The minimum atomic E-state index is -0.536. The second kappa shape index (κ2) is 11.4. The minimum absolute atomic E-state index is 0.0502. The Morgan fingerprint density at radius 2 is 1.85 bits per heavy atom. The summed E-state index contributed by atoms with van der Waals surface area (Å²) in [5.41, 5.74) is 10.2. The van der Waals surface area contributed by atoms with Crippen molar-refractivity contribution < 1.29 is 9.59 Å². The van der Waals surface area contributed by atoms with Crippen molar-refractivity contribution in [3.8, 4) is 34.3 Å². The highest BCUT2D eigenvalue weighted by molar-refractivity contribution is 6.03. The number of nitrogens with zero attached hydrogens (tertiary/aromatic N) is 6. The van der Waals surface area contributed by atoms with Gasteiger partial charge in [-0.3, -0.25) is 18.8 Å². The lowest BCUT2D eigenvalue weighted by Crippen LogP contribution is -2.38. The van der Waals surface area contributed by atoms with Crippen LogP contribution in [0.2, 0.25) is 0 Å². The topological polar surface area (TPSA) is 123 Å². The summed E-state index contributed by atoms with van der Waals surface area (Å²) in [6.45, 7) is 1.29. The number of hydrogen-bond acceptors (Lipinski definition) is 5. The molecule has 0 unspecified atom stereocenters. The van der Waals surface area contributed by atoms with Crippen LogP contribution in [0.5, 0.6) is 0 Å². The maximum absolute atomic E-state index is 12.8. The first kappa shape index (κ1) is 25.9. The van der Waals surface area contributed by atoms with Gasteiger partial charge in [0.15, 0.2) is 0 Å². The molecule has 2 amide bonds. The molecule has 0 spiro atoms. The highest BCUT2D eigenvalue weighted by atomic mass is 16.2. The number of amides is 2. The van der Waals surface area contributed by atoms with E-state index in [1.165, 1.54) is 0 Å². The summed E-state index contributed by atoms with van der Waals surface area (Å²) >= 11 is 0. The fourth-order valence-electron chi connectivity index (χ4n) is 5.15. The van der Waals surface area contributed by atoms with Crippen molar-refractivity contribution in [2.75, 3.05) is 13.1 Å². The molecule has 1 aliphatic heterocycles. The number of hydrogen-bond donors (Lipinski definition) is 1. The Bertz CT molecular complexity index is 1520. The summed E-state index contributed by atoms with van der Waals surface area (Å²) in [6.07, 6.45) is 8.78. The third-order valence-electron chi connectivity index (χ3n) is 7.21. The lowest BCUT2D eigenvalue weighted by atomic mass is 9.96. The van der Waals surface area contributed by atoms with Gasteiger partial charge in [0.25, 0.3) is 0 Å². The van der Waals surface area contributed by atoms with Gasteiger partial charge in [-0.1, -0.05) is 30.3 Å². The molecule has 4 aromatic rings. The Balaban J connectivity index is 1.47. The van der Waals surface area contributed by atoms with Gasteiger partial charge in [0.05, 0.1) is 23.5 Å². The largest absolute Gasteiger partial charge is 0.366 e. The van der Waals surface area contributed by atoms with Crippen LogP contribution in [0.15, 0.2) is 67.1 Å². The Labute approximate surface area is 227 Å². The number of likely N-dealkylation sites (tertiary alicyclic amines) is 1. The molecule has 1 saturated heterocycles. The Hall–Kier alpha value is -4.71. The SMILES string of the molecule is Cn1cc(-c2cccc(C(N)=O)c2-c2nc(CCCC(=O)N3CCC(C#N)CC3)cn2-c2ccccc2)cn1. The molecule has 9 nitrogen and oxygen atoms in total. The summed E-state index contributed by atoms with van der Waals surface area (Å²) < 4.78 is 3.69. The molecule has 1 fully saturated rings. The third-order valence-corrected chi connectivity index (χ3v) is 7.21. The molecule has 0 radical (unpaired) electrons. The van der Waals surface area contributed by atoms with Crippen molar-refractivity contribution in [3.63, 3.8) is 0 Å². The van der Waals surface area contributed by atoms with E-state index >= 15 is 0 Å². The zero-order valence-electron chi connectivity index (χ0n) is 22.0. The van der Waals surface area contributed by atoms with Crippen LogP contribution in [-0.2, 0) is 18.3 Å². The molecule has 39 heavy (non-hydrogen) atoms. The van der Waals surface area contributed by atoms with E-state index in [-0.39, 0.29) is 11.8 Å². The van der Waals surface area contributed by atoms with Gasteiger partial charge >= 0.3 is 0 Å². The Morgan fingerprint density at radius 1 is 1.08 bits per heavy atom. The normalized spacial score (nSPS) is 13.8. The third kappa shape index (κ3) is 5.60. The van der Waals surface area contributed by atoms with Crippen LogP contribution >= 0.6 is 0 Å². The fourth-order valence-corrected chi connectivity index (χ4v) is 5.15. The highest BCUT2D eigenvalue weighted by Crippen LogP contribution is 2.36. The summed E-state index contributed by atoms with van der Waals surface area (Å²) in [5, 5.41) is 13.4. The van der Waals surface area contributed by atoms with E-state index in [4.69, 9.17) is 16.0 Å². The van der Waals surface area contributed by atoms with Crippen LogP contribution in [0, 0.1) is 17.2 Å². The summed E-state index contributed by atoms with van der Waals surface area (Å²) in [4.78, 5) is 32.2. The van der Waals surface area contributed by atoms with Crippen LogP contribution in [0.1, 0.15) is 41.7 Å². The van der Waals surface area contributed by atoms with E-state index in [0.717, 1.165) is 35.3 Å². The minimum Gasteiger partial charge on any atom is -0.366 e. The maximum atomic E-state index is 12.8. The maximum Gasteiger partial charge on any atom is 0.249 e. The molecule has 5 rings (SSSR count). The molecule has 198 valence electrons. The lowest BCUT2D eigenvalue weighted by molar-refractivity contribution is -0.132. The number of nitrogens with two attached hydrogens (primary N) is 1. The van der Waals surface area contributed by atoms with E-state index in [1.54, 1.807) is 16.9 Å². The van der Waals surface area contributed by atoms with Gasteiger partial charge in [0.2, 0.25) is 11.8 Å². The van der Waals surface area contributed by atoms with E-state index in [2.05, 4.69) is 11.2 Å². The first-order valence-electron chi connectivity index (χ1n) is 13.2. The molecule has 2 aromatic carbocycles. The lowest BCUT2D eigenvalue weighted by Gasteiger charge is -2.29. The number of aromatic nitrogens is 4. The van der Waals surface area contributed by atoms with Crippen LogP contribution in [0.3, 0.4) is 0 Å². The average Bonchev–Trinajstić information content (AvgIpc) is 3.59. The molecular weight excluding hydrogens is 490 g/mol. The van der Waals surface area contributed by atoms with Crippen LogP contribution in [0.25, 0.3) is 28.2 Å². The van der Waals surface area contributed by atoms with Crippen molar-refractivity contribution in [2.45, 2.75) is 32.1 Å². The van der Waals surface area contributed by atoms with Crippen LogP contribution in [-0.4, -0.2) is 49.1 Å². The van der Waals surface area contributed by atoms with Gasteiger partial charge < -0.3 is 10.6 Å². The number of carbonyl (C=O) groups excluding carboxylic acids is 2. The second-order valence-electron chi connectivity index (χ2n) is 9.89. The first-order valence-corrected chi connectivity index (χ1v) is 13.2. The number of benzene rings is 2. The first-order chi connectivity index (χ1) is 18.9. The van der Waals surface area contributed by atoms with Gasteiger partial charge in [-0.15, -0.1) is 0 Å². The van der Waals surface area contributed by atoms with Crippen LogP contribution < -0.4 is 5.73 Å². The van der Waals surface area contributed by atoms with E-state index in [1.807, 2.05) is 71.4 Å². The van der Waals surface area contributed by atoms with E-state index in [0.29, 0.717) is 49.3 Å². The van der Waals surface area contributed by atoms with E-state index in [9.17, 15) is 9.59 Å². The fraction of sp³-hybridized carbons (Fsp3) is 0.300. The van der Waals surface area contributed by atoms with Gasteiger partial charge in [0, 0.05) is 61.7 Å². The Morgan fingerprint density at radius 3 is 2.51 bits per heavy atom. The van der Waals surface area contributed by atoms with Crippen molar-refractivity contribution in [1.82, 2.24) is 24.2 Å². The summed E-state index contributed by atoms with van der Waals surface area (Å²) in [6, 6.07) is 17.6. The van der Waals surface area contributed by atoms with Gasteiger partial charge in [0.1, 0.15) is 5.82 Å². The smallest absolute Gasteiger partial charge is 0.249 e. The predicted octanol–water partition coefficient (Wildman–Crippen LogP) is 4.12. The molecule has 1 aliphatic rings. The monoisotopic (exact) mass is 521 g/mol. The molecule has 3 heterocycles. The second-order valence-corrected chi connectivity index (χ2v) is 9.89. The van der Waals surface area contributed by atoms with Crippen molar-refractivity contribution in [2.24, 2.45) is 18.7 Å². The molecule has 0 atom stereocenters. The Kier molecular flexibility index (Phi) is 7.55. The molecular formula is C30H31N7O2. The van der Waals surface area contributed by atoms with Crippen LogP contribution in [0.4, 0.5) is 0 Å². The standard InChI is InChI=1S/C30H31N7O2/c1-35-19-22(18-33-35)25-10-6-11-26(29(32)39)28(25)30-34-23(20-37(30)24-8-3-2-4-9-24)7-5-12-27(38)36-15-13-21(17-31)14-16-36/h2-4,6,8-11,18-21H,5,7,12-16H2,1H3,(H2,32,39). The number of para-hydroxylation sites is 1. The zero-order chi connectivity index (χ0) is 27.4. The number of imidazole rings is 1. The zero-order valence-corrected chi connectivity index (χ0v) is 22.0. The quantitative estimate of drug-likeness (QED) is 0.374. The van der Waals surface area contributed by atoms with Gasteiger partial charge in [-0.05, 0) is 49.4 Å². The average molecular weight is 522 g/mol. The molecule has 9 heteroatoms. The summed E-state index contributed by atoms with van der Waals surface area (Å²) in [5.74, 6) is 0.237. The highest BCUT2D eigenvalue weighted by Gasteiger charge is 2.24. The molecule has 2 aromatic heterocycles. The molecule has 2 N–H and O–H groups in total. The number of aryl methyl sites for hydroxylation is 2. The van der Waals surface area contributed by atoms with Gasteiger partial charge in [-0.25, -0.2) is 4.98 Å². The van der Waals surface area contributed by atoms with E-state index < -0.39 is 5.91 Å².